The molecule has 1 aliphatic heterocycles. The molecule has 0 spiro atoms. The molecule has 1 unspecified atom stereocenters. The van der Waals surface area contributed by atoms with Crippen LogP contribution < -0.4 is 10.2 Å². The number of likely N-dealkylation sites (tertiary alicyclic amines) is 1. The normalized spacial score (nSPS) is 15.7. The minimum absolute atomic E-state index is 0.0287. The first-order valence-electron chi connectivity index (χ1n) is 10.4. The lowest BCUT2D eigenvalue weighted by molar-refractivity contribution is -0.131. The summed E-state index contributed by atoms with van der Waals surface area (Å²) in [5, 5.41) is 6.52. The number of benzene rings is 2. The molecule has 31 heavy (non-hydrogen) atoms. The van der Waals surface area contributed by atoms with E-state index in [0.717, 1.165) is 29.7 Å². The minimum Gasteiger partial charge on any atom is -0.378 e. The molecule has 1 atom stereocenters. The van der Waals surface area contributed by atoms with Gasteiger partial charge in [0.1, 0.15) is 0 Å². The standard InChI is InChI=1S/C24H26N4O3/c1-27(2)19-11-6-10-18(14-19)21-12-7-13-28(21)23(29)16-25-24(30)20-15-22(31-26-20)17-8-4-3-5-9-17/h3-6,8-11,14-15,21H,7,12-13,16H2,1-2H3,(H,25,30). The summed E-state index contributed by atoms with van der Waals surface area (Å²) in [6.07, 6.45) is 1.86. The number of rotatable bonds is 6. The molecule has 1 saturated heterocycles. The minimum atomic E-state index is -0.426. The number of nitrogens with one attached hydrogen (secondary N) is 1. The highest BCUT2D eigenvalue weighted by molar-refractivity contribution is 5.95. The topological polar surface area (TPSA) is 78.7 Å². The number of amides is 2. The van der Waals surface area contributed by atoms with Gasteiger partial charge >= 0.3 is 0 Å². The molecule has 7 nitrogen and oxygen atoms in total. The Morgan fingerprint density at radius 3 is 2.71 bits per heavy atom. The van der Waals surface area contributed by atoms with E-state index in [9.17, 15) is 9.59 Å². The molecular weight excluding hydrogens is 392 g/mol. The van der Waals surface area contributed by atoms with Crippen molar-refractivity contribution in [2.75, 3.05) is 32.1 Å². The predicted molar refractivity (Wildman–Crippen MR) is 119 cm³/mol. The van der Waals surface area contributed by atoms with E-state index in [4.69, 9.17) is 4.52 Å². The summed E-state index contributed by atoms with van der Waals surface area (Å²) in [5.41, 5.74) is 3.21. The highest BCUT2D eigenvalue weighted by Gasteiger charge is 2.30. The van der Waals surface area contributed by atoms with E-state index >= 15 is 0 Å². The maximum Gasteiger partial charge on any atom is 0.273 e. The van der Waals surface area contributed by atoms with Gasteiger partial charge in [-0.25, -0.2) is 0 Å². The molecule has 160 valence electrons. The number of nitrogens with zero attached hydrogens (tertiary/aromatic N) is 3. The molecule has 1 aromatic heterocycles. The molecule has 2 heterocycles. The maximum absolute atomic E-state index is 12.9. The van der Waals surface area contributed by atoms with Gasteiger partial charge in [-0.2, -0.15) is 0 Å². The first-order chi connectivity index (χ1) is 15.0. The van der Waals surface area contributed by atoms with E-state index in [0.29, 0.717) is 12.3 Å². The second-order valence-electron chi connectivity index (χ2n) is 7.86. The Hall–Kier alpha value is -3.61. The van der Waals surface area contributed by atoms with Crippen molar-refractivity contribution in [1.29, 1.82) is 0 Å². The Bertz CT molecular complexity index is 1060. The van der Waals surface area contributed by atoms with E-state index < -0.39 is 5.91 Å². The maximum atomic E-state index is 12.9. The van der Waals surface area contributed by atoms with Gasteiger partial charge in [-0.05, 0) is 30.5 Å². The summed E-state index contributed by atoms with van der Waals surface area (Å²) in [7, 11) is 4.00. The van der Waals surface area contributed by atoms with Crippen molar-refractivity contribution in [3.63, 3.8) is 0 Å². The smallest absolute Gasteiger partial charge is 0.273 e. The van der Waals surface area contributed by atoms with Gasteiger partial charge in [-0.3, -0.25) is 9.59 Å². The number of carbonyl (C=O) groups excluding carboxylic acids is 2. The van der Waals surface area contributed by atoms with Gasteiger partial charge in [0.2, 0.25) is 5.91 Å². The van der Waals surface area contributed by atoms with Gasteiger partial charge < -0.3 is 19.6 Å². The Morgan fingerprint density at radius 2 is 1.94 bits per heavy atom. The summed E-state index contributed by atoms with van der Waals surface area (Å²) in [6.45, 7) is 0.615. The van der Waals surface area contributed by atoms with Gasteiger partial charge in [0.25, 0.3) is 5.91 Å². The Kier molecular flexibility index (Phi) is 6.02. The van der Waals surface area contributed by atoms with E-state index in [-0.39, 0.29) is 24.2 Å². The Morgan fingerprint density at radius 1 is 1.13 bits per heavy atom. The fraction of sp³-hybridized carbons (Fsp3) is 0.292. The second kappa shape index (κ2) is 9.04. The lowest BCUT2D eigenvalue weighted by atomic mass is 10.0. The zero-order chi connectivity index (χ0) is 21.8. The Balaban J connectivity index is 1.38. The van der Waals surface area contributed by atoms with Crippen LogP contribution in [0.4, 0.5) is 5.69 Å². The lowest BCUT2D eigenvalue weighted by Crippen LogP contribution is -2.40. The van der Waals surface area contributed by atoms with Crippen LogP contribution in [-0.4, -0.2) is 49.1 Å². The highest BCUT2D eigenvalue weighted by atomic mass is 16.5. The Labute approximate surface area is 181 Å². The molecule has 1 N–H and O–H groups in total. The van der Waals surface area contributed by atoms with Crippen LogP contribution >= 0.6 is 0 Å². The molecular formula is C24H26N4O3. The van der Waals surface area contributed by atoms with Crippen LogP contribution in [0.2, 0.25) is 0 Å². The number of hydrogen-bond acceptors (Lipinski definition) is 5. The van der Waals surface area contributed by atoms with Crippen molar-refractivity contribution in [3.8, 4) is 11.3 Å². The molecule has 1 fully saturated rings. The van der Waals surface area contributed by atoms with Crippen LogP contribution in [-0.2, 0) is 4.79 Å². The molecule has 0 radical (unpaired) electrons. The van der Waals surface area contributed by atoms with Gasteiger partial charge in [-0.1, -0.05) is 47.6 Å². The molecule has 0 aliphatic carbocycles. The fourth-order valence-electron chi connectivity index (χ4n) is 3.89. The van der Waals surface area contributed by atoms with Crippen molar-refractivity contribution in [1.82, 2.24) is 15.4 Å². The number of hydrogen-bond donors (Lipinski definition) is 1. The first-order valence-corrected chi connectivity index (χ1v) is 10.4. The van der Waals surface area contributed by atoms with Gasteiger partial charge in [0.05, 0.1) is 12.6 Å². The third-order valence-corrected chi connectivity index (χ3v) is 5.55. The molecule has 2 aromatic carbocycles. The van der Waals surface area contributed by atoms with Crippen LogP contribution in [0.5, 0.6) is 0 Å². The largest absolute Gasteiger partial charge is 0.378 e. The third-order valence-electron chi connectivity index (χ3n) is 5.55. The van der Waals surface area contributed by atoms with Gasteiger partial charge in [0, 0.05) is 38.0 Å². The van der Waals surface area contributed by atoms with Crippen LogP contribution in [0.3, 0.4) is 0 Å². The highest BCUT2D eigenvalue weighted by Crippen LogP contribution is 2.33. The molecule has 0 saturated carbocycles. The van der Waals surface area contributed by atoms with Crippen molar-refractivity contribution >= 4 is 17.5 Å². The van der Waals surface area contributed by atoms with Crippen LogP contribution in [0.25, 0.3) is 11.3 Å². The SMILES string of the molecule is CN(C)c1cccc(C2CCCN2C(=O)CNC(=O)c2cc(-c3ccccc3)on2)c1. The first kappa shape index (κ1) is 20.7. The summed E-state index contributed by atoms with van der Waals surface area (Å²) in [5.74, 6) is -0.0139. The summed E-state index contributed by atoms with van der Waals surface area (Å²) in [4.78, 5) is 29.2. The van der Waals surface area contributed by atoms with Crippen molar-refractivity contribution in [2.24, 2.45) is 0 Å². The van der Waals surface area contributed by atoms with Crippen molar-refractivity contribution < 1.29 is 14.1 Å². The van der Waals surface area contributed by atoms with Crippen LogP contribution in [0, 0.1) is 0 Å². The second-order valence-corrected chi connectivity index (χ2v) is 7.86. The quantitative estimate of drug-likeness (QED) is 0.663. The summed E-state index contributed by atoms with van der Waals surface area (Å²) < 4.78 is 5.27. The van der Waals surface area contributed by atoms with Gasteiger partial charge in [0.15, 0.2) is 11.5 Å². The molecule has 2 amide bonds. The summed E-state index contributed by atoms with van der Waals surface area (Å²) in [6, 6.07) is 19.3. The van der Waals surface area contributed by atoms with E-state index in [1.807, 2.05) is 66.4 Å². The zero-order valence-corrected chi connectivity index (χ0v) is 17.7. The van der Waals surface area contributed by atoms with Crippen molar-refractivity contribution in [2.45, 2.75) is 18.9 Å². The van der Waals surface area contributed by atoms with E-state index in [2.05, 4.69) is 22.6 Å². The predicted octanol–water partition coefficient (Wildman–Crippen LogP) is 3.50. The van der Waals surface area contributed by atoms with E-state index in [1.165, 1.54) is 0 Å². The average Bonchev–Trinajstić information content (AvgIpc) is 3.48. The number of carbonyl (C=O) groups is 2. The lowest BCUT2D eigenvalue weighted by Gasteiger charge is -2.26. The molecule has 0 bridgehead atoms. The van der Waals surface area contributed by atoms with Gasteiger partial charge in [-0.15, -0.1) is 0 Å². The molecule has 1 aliphatic rings. The average molecular weight is 418 g/mol. The van der Waals surface area contributed by atoms with Crippen LogP contribution in [0.1, 0.15) is 34.9 Å². The monoisotopic (exact) mass is 418 g/mol. The molecule has 4 rings (SSSR count). The zero-order valence-electron chi connectivity index (χ0n) is 17.7. The summed E-state index contributed by atoms with van der Waals surface area (Å²) >= 11 is 0. The number of anilines is 1. The molecule has 3 aromatic rings. The third kappa shape index (κ3) is 4.60. The fourth-order valence-corrected chi connectivity index (χ4v) is 3.89. The van der Waals surface area contributed by atoms with Crippen molar-refractivity contribution in [3.05, 3.63) is 71.9 Å². The number of aromatic nitrogens is 1. The van der Waals surface area contributed by atoms with E-state index in [1.54, 1.807) is 6.07 Å². The molecule has 7 heteroatoms. The van der Waals surface area contributed by atoms with Crippen LogP contribution in [0.15, 0.2) is 65.2 Å².